The number of para-hydroxylation sites is 1. The van der Waals surface area contributed by atoms with Crippen LogP contribution in [0.2, 0.25) is 0 Å². The second kappa shape index (κ2) is 6.60. The third-order valence-electron chi connectivity index (χ3n) is 3.13. The Labute approximate surface area is 133 Å². The molecule has 1 fully saturated rings. The van der Waals surface area contributed by atoms with Gasteiger partial charge in [-0.1, -0.05) is 18.2 Å². The molecule has 1 aromatic rings. The normalized spacial score (nSPS) is 16.8. The summed E-state index contributed by atoms with van der Waals surface area (Å²) in [6, 6.07) is 8.87. The van der Waals surface area contributed by atoms with Gasteiger partial charge in [-0.2, -0.15) is 0 Å². The number of carbonyl (C=O) groups excluding carboxylic acids is 2. The average molecular weight is 392 g/mol. The summed E-state index contributed by atoms with van der Waals surface area (Å²) in [4.78, 5) is 27.2. The van der Waals surface area contributed by atoms with Gasteiger partial charge in [0.1, 0.15) is 6.54 Å². The number of benzene rings is 1. The number of urea groups is 1. The van der Waals surface area contributed by atoms with E-state index in [0.717, 1.165) is 0 Å². The van der Waals surface area contributed by atoms with Crippen LogP contribution < -0.4 is 28.9 Å². The number of nitrogens with zero attached hydrogens (tertiary/aromatic N) is 2. The molecule has 0 spiro atoms. The van der Waals surface area contributed by atoms with Gasteiger partial charge in [0.15, 0.2) is 5.37 Å². The predicted molar refractivity (Wildman–Crippen MR) is 74.7 cm³/mol. The lowest BCUT2D eigenvalue weighted by molar-refractivity contribution is -0.116. The van der Waals surface area contributed by atoms with Gasteiger partial charge >= 0.3 is 6.03 Å². The van der Waals surface area contributed by atoms with Crippen molar-refractivity contribution in [3.63, 3.8) is 0 Å². The fourth-order valence-electron chi connectivity index (χ4n) is 1.89. The van der Waals surface area contributed by atoms with Gasteiger partial charge in [-0.3, -0.25) is 9.69 Å². The summed E-state index contributed by atoms with van der Waals surface area (Å²) in [6.07, 6.45) is 4.15. The van der Waals surface area contributed by atoms with Gasteiger partial charge in [-0.25, -0.2) is 9.69 Å². The Morgan fingerprint density at radius 1 is 1.16 bits per heavy atom. The molecule has 1 aliphatic heterocycles. The molecule has 1 atom stereocenters. The lowest BCUT2D eigenvalue weighted by atomic mass is 10.3. The molecule has 4 nitrogen and oxygen atoms in total. The molecular weight excluding hydrogens is 375 g/mol. The minimum Gasteiger partial charge on any atom is -1.00 e. The van der Waals surface area contributed by atoms with E-state index in [0.29, 0.717) is 5.69 Å². The van der Waals surface area contributed by atoms with Crippen LogP contribution in [0.15, 0.2) is 30.3 Å². The van der Waals surface area contributed by atoms with E-state index in [2.05, 4.69) is 12.5 Å². The third-order valence-corrected chi connectivity index (χ3v) is 4.75. The van der Waals surface area contributed by atoms with Crippen LogP contribution in [0.1, 0.15) is 6.92 Å². The van der Waals surface area contributed by atoms with Crippen molar-refractivity contribution >= 4 is 28.5 Å². The molecule has 0 radical (unpaired) electrons. The van der Waals surface area contributed by atoms with Gasteiger partial charge in [0.2, 0.25) is 0 Å². The molecular formula is C13H17IN2O2S. The molecule has 6 heteroatoms. The van der Waals surface area contributed by atoms with Crippen molar-refractivity contribution in [2.45, 2.75) is 12.3 Å². The molecule has 0 bridgehead atoms. The molecule has 0 N–H and O–H groups in total. The third kappa shape index (κ3) is 3.22. The first kappa shape index (κ1) is 16.3. The smallest absolute Gasteiger partial charge is 0.335 e. The Morgan fingerprint density at radius 2 is 1.74 bits per heavy atom. The van der Waals surface area contributed by atoms with Crippen molar-refractivity contribution in [3.8, 4) is 0 Å². The minimum absolute atomic E-state index is 0. The van der Waals surface area contributed by atoms with E-state index in [1.54, 1.807) is 17.0 Å². The van der Waals surface area contributed by atoms with E-state index in [4.69, 9.17) is 0 Å². The summed E-state index contributed by atoms with van der Waals surface area (Å²) in [5.74, 6) is -0.150. The van der Waals surface area contributed by atoms with Crippen molar-refractivity contribution in [3.05, 3.63) is 30.3 Å². The molecule has 1 unspecified atom stereocenters. The van der Waals surface area contributed by atoms with Crippen molar-refractivity contribution < 1.29 is 33.6 Å². The van der Waals surface area contributed by atoms with Gasteiger partial charge in [0.05, 0.1) is 18.2 Å². The van der Waals surface area contributed by atoms with E-state index in [1.807, 2.05) is 25.1 Å². The lowest BCUT2D eigenvalue weighted by Crippen LogP contribution is -3.00. The van der Waals surface area contributed by atoms with Crippen LogP contribution in [0.25, 0.3) is 0 Å². The SMILES string of the molecule is CC(N1CC(=O)N(c2ccccc2)C1=O)[S+](C)C.[I-]. The molecule has 1 aromatic carbocycles. The average Bonchev–Trinajstić information content (AvgIpc) is 2.65. The summed E-state index contributed by atoms with van der Waals surface area (Å²) >= 11 is 0. The van der Waals surface area contributed by atoms with Gasteiger partial charge in [0.25, 0.3) is 5.91 Å². The summed E-state index contributed by atoms with van der Waals surface area (Å²) in [5, 5.41) is 0.0927. The number of halogens is 1. The zero-order chi connectivity index (χ0) is 13.3. The number of imide groups is 1. The Kier molecular flexibility index (Phi) is 5.66. The van der Waals surface area contributed by atoms with E-state index in [1.165, 1.54) is 4.90 Å². The molecule has 1 aliphatic rings. The second-order valence-corrected chi connectivity index (χ2v) is 6.90. The lowest BCUT2D eigenvalue weighted by Gasteiger charge is -2.20. The standard InChI is InChI=1S/C13H17N2O2S.HI/c1-10(18(2)3)14-9-12(16)15(13(14)17)11-7-5-4-6-8-11;/h4-8,10H,9H2,1-3H3;1H/q+1;/p-1. The minimum atomic E-state index is -0.208. The van der Waals surface area contributed by atoms with E-state index >= 15 is 0 Å². The maximum atomic E-state index is 12.3. The fraction of sp³-hybridized carbons (Fsp3) is 0.385. The number of rotatable bonds is 3. The highest BCUT2D eigenvalue weighted by Gasteiger charge is 2.42. The molecule has 3 amide bonds. The quantitative estimate of drug-likeness (QED) is 0.364. The monoisotopic (exact) mass is 392 g/mol. The Bertz CT molecular complexity index is 467. The van der Waals surface area contributed by atoms with Crippen LogP contribution in [0, 0.1) is 0 Å². The summed E-state index contributed by atoms with van der Waals surface area (Å²) in [5.41, 5.74) is 0.647. The second-order valence-electron chi connectivity index (χ2n) is 4.45. The van der Waals surface area contributed by atoms with Crippen molar-refractivity contribution in [2.75, 3.05) is 24.0 Å². The Balaban J connectivity index is 0.00000180. The fourth-order valence-corrected chi connectivity index (χ4v) is 2.56. The maximum absolute atomic E-state index is 12.3. The number of anilines is 1. The van der Waals surface area contributed by atoms with E-state index < -0.39 is 0 Å². The van der Waals surface area contributed by atoms with E-state index in [9.17, 15) is 9.59 Å². The first-order valence-electron chi connectivity index (χ1n) is 5.77. The highest BCUT2D eigenvalue weighted by molar-refractivity contribution is 7.96. The predicted octanol–water partition coefficient (Wildman–Crippen LogP) is -1.32. The summed E-state index contributed by atoms with van der Waals surface area (Å²) in [6.45, 7) is 2.17. The van der Waals surface area contributed by atoms with Crippen molar-refractivity contribution in [1.82, 2.24) is 4.90 Å². The highest BCUT2D eigenvalue weighted by atomic mass is 127. The Hall–Kier alpha value is -0.760. The van der Waals surface area contributed by atoms with Gasteiger partial charge < -0.3 is 24.0 Å². The molecule has 0 aliphatic carbocycles. The first-order valence-corrected chi connectivity index (χ1v) is 7.88. The molecule has 0 aromatic heterocycles. The molecule has 2 rings (SSSR count). The number of carbonyl (C=O) groups is 2. The topological polar surface area (TPSA) is 40.6 Å². The van der Waals surface area contributed by atoms with Gasteiger partial charge in [-0.05, 0) is 12.1 Å². The largest absolute Gasteiger partial charge is 1.00 e. The highest BCUT2D eigenvalue weighted by Crippen LogP contribution is 2.23. The van der Waals surface area contributed by atoms with Crippen molar-refractivity contribution in [2.24, 2.45) is 0 Å². The van der Waals surface area contributed by atoms with Crippen LogP contribution in [0.4, 0.5) is 10.5 Å². The molecule has 104 valence electrons. The molecule has 19 heavy (non-hydrogen) atoms. The number of amides is 3. The van der Waals surface area contributed by atoms with Gasteiger partial charge in [0, 0.05) is 17.8 Å². The van der Waals surface area contributed by atoms with Gasteiger partial charge in [-0.15, -0.1) is 0 Å². The number of hydrogen-bond donors (Lipinski definition) is 0. The zero-order valence-corrected chi connectivity index (χ0v) is 14.1. The van der Waals surface area contributed by atoms with Crippen LogP contribution in [0.5, 0.6) is 0 Å². The van der Waals surface area contributed by atoms with Crippen LogP contribution in [0.3, 0.4) is 0 Å². The molecule has 0 saturated carbocycles. The number of hydrogen-bond acceptors (Lipinski definition) is 2. The van der Waals surface area contributed by atoms with Crippen LogP contribution >= 0.6 is 0 Å². The first-order chi connectivity index (χ1) is 8.52. The molecule has 1 saturated heterocycles. The zero-order valence-electron chi connectivity index (χ0n) is 11.2. The summed E-state index contributed by atoms with van der Waals surface area (Å²) in [7, 11) is 0.0691. The van der Waals surface area contributed by atoms with E-state index in [-0.39, 0.29) is 58.7 Å². The van der Waals surface area contributed by atoms with Crippen LogP contribution in [-0.2, 0) is 15.7 Å². The maximum Gasteiger partial charge on any atom is 0.335 e. The summed E-state index contributed by atoms with van der Waals surface area (Å²) < 4.78 is 0. The van der Waals surface area contributed by atoms with Crippen molar-refractivity contribution in [1.29, 1.82) is 0 Å². The Morgan fingerprint density at radius 3 is 2.26 bits per heavy atom. The molecule has 1 heterocycles. The van der Waals surface area contributed by atoms with Crippen LogP contribution in [-0.4, -0.2) is 41.3 Å².